The number of H-pyrrole nitrogens is 1. The molecule has 1 aromatic rings. The molecule has 2 heterocycles. The van der Waals surface area contributed by atoms with Crippen molar-refractivity contribution >= 4 is 5.97 Å². The summed E-state index contributed by atoms with van der Waals surface area (Å²) in [6, 6.07) is 0. The molecule has 7 nitrogen and oxygen atoms in total. The zero-order valence-electron chi connectivity index (χ0n) is 10.4. The Hall–Kier alpha value is -1.63. The third-order valence-corrected chi connectivity index (χ3v) is 3.33. The second-order valence-electron chi connectivity index (χ2n) is 4.60. The molecule has 0 saturated carbocycles. The Morgan fingerprint density at radius 2 is 2.39 bits per heavy atom. The highest BCUT2D eigenvalue weighted by Gasteiger charge is 2.26. The molecule has 0 bridgehead atoms. The average molecular weight is 254 g/mol. The van der Waals surface area contributed by atoms with Gasteiger partial charge in [0.25, 0.3) is 0 Å². The largest absolute Gasteiger partial charge is 0.480 e. The smallest absolute Gasteiger partial charge is 0.343 e. The Kier molecular flexibility index (Phi) is 3.81. The van der Waals surface area contributed by atoms with Crippen molar-refractivity contribution in [2.45, 2.75) is 32.2 Å². The minimum atomic E-state index is -0.814. The third kappa shape index (κ3) is 2.61. The van der Waals surface area contributed by atoms with Crippen LogP contribution >= 0.6 is 0 Å². The van der Waals surface area contributed by atoms with E-state index in [0.717, 1.165) is 25.2 Å². The first-order valence-electron chi connectivity index (χ1n) is 6.21. The number of nitrogens with zero attached hydrogens (tertiary/aromatic N) is 3. The number of carboxylic acids is 1. The molecule has 2 rings (SSSR count). The van der Waals surface area contributed by atoms with Gasteiger partial charge in [-0.05, 0) is 26.3 Å². The maximum absolute atomic E-state index is 11.5. The third-order valence-electron chi connectivity index (χ3n) is 3.33. The van der Waals surface area contributed by atoms with Gasteiger partial charge in [0.1, 0.15) is 5.82 Å². The summed E-state index contributed by atoms with van der Waals surface area (Å²) in [5.41, 5.74) is -0.192. The molecular weight excluding hydrogens is 236 g/mol. The summed E-state index contributed by atoms with van der Waals surface area (Å²) >= 11 is 0. The monoisotopic (exact) mass is 254 g/mol. The molecule has 0 aromatic carbocycles. The first kappa shape index (κ1) is 12.8. The van der Waals surface area contributed by atoms with Crippen LogP contribution in [0.3, 0.4) is 0 Å². The van der Waals surface area contributed by atoms with E-state index in [1.807, 2.05) is 11.8 Å². The minimum Gasteiger partial charge on any atom is -0.480 e. The second kappa shape index (κ2) is 5.34. The lowest BCUT2D eigenvalue weighted by atomic mass is 9.97. The summed E-state index contributed by atoms with van der Waals surface area (Å²) in [7, 11) is 0. The van der Waals surface area contributed by atoms with E-state index in [-0.39, 0.29) is 18.2 Å². The molecule has 1 aromatic heterocycles. The van der Waals surface area contributed by atoms with Crippen LogP contribution in [0.15, 0.2) is 4.79 Å². The average Bonchev–Trinajstić information content (AvgIpc) is 2.70. The molecule has 0 aliphatic carbocycles. The summed E-state index contributed by atoms with van der Waals surface area (Å²) in [5.74, 6) is 0.0696. The summed E-state index contributed by atoms with van der Waals surface area (Å²) in [6.45, 7) is 3.98. The normalized spacial score (nSPS) is 21.1. The van der Waals surface area contributed by atoms with E-state index in [9.17, 15) is 9.59 Å². The number of aromatic amines is 1. The van der Waals surface area contributed by atoms with Gasteiger partial charge in [-0.25, -0.2) is 9.89 Å². The van der Waals surface area contributed by atoms with Crippen molar-refractivity contribution in [2.75, 3.05) is 19.6 Å². The molecule has 0 radical (unpaired) electrons. The molecule has 100 valence electrons. The number of likely N-dealkylation sites (tertiary alicyclic amines) is 1. The fraction of sp³-hybridized carbons (Fsp3) is 0.727. The minimum absolute atomic E-state index is 0.0529. The number of hydrogen-bond donors (Lipinski definition) is 2. The zero-order chi connectivity index (χ0) is 13.1. The Morgan fingerprint density at radius 1 is 1.61 bits per heavy atom. The Labute approximate surface area is 104 Å². The lowest BCUT2D eigenvalue weighted by molar-refractivity contribution is -0.138. The SMILES string of the molecule is CCn1c(C2CCCN(CC(=O)O)C2)n[nH]c1=O. The number of piperidine rings is 1. The van der Waals surface area contributed by atoms with E-state index in [0.29, 0.717) is 13.1 Å². The van der Waals surface area contributed by atoms with Crippen LogP contribution in [0.1, 0.15) is 31.5 Å². The maximum Gasteiger partial charge on any atom is 0.343 e. The first-order chi connectivity index (χ1) is 8.61. The molecular formula is C11H18N4O3. The van der Waals surface area contributed by atoms with Gasteiger partial charge in [-0.15, -0.1) is 0 Å². The number of hydrogen-bond acceptors (Lipinski definition) is 4. The fourth-order valence-electron chi connectivity index (χ4n) is 2.55. The van der Waals surface area contributed by atoms with Gasteiger partial charge in [0.15, 0.2) is 0 Å². The molecule has 18 heavy (non-hydrogen) atoms. The van der Waals surface area contributed by atoms with Crippen molar-refractivity contribution in [3.8, 4) is 0 Å². The Balaban J connectivity index is 2.13. The Morgan fingerprint density at radius 3 is 3.06 bits per heavy atom. The molecule has 1 aliphatic heterocycles. The van der Waals surface area contributed by atoms with Gasteiger partial charge in [-0.3, -0.25) is 14.3 Å². The standard InChI is InChI=1S/C11H18N4O3/c1-2-15-10(12-13-11(15)18)8-4-3-5-14(6-8)7-9(16)17/h8H,2-7H2,1H3,(H,13,18)(H,16,17). The lowest BCUT2D eigenvalue weighted by Crippen LogP contribution is -2.39. The second-order valence-corrected chi connectivity index (χ2v) is 4.60. The topological polar surface area (TPSA) is 91.2 Å². The first-order valence-corrected chi connectivity index (χ1v) is 6.21. The number of nitrogens with one attached hydrogen (secondary N) is 1. The summed E-state index contributed by atoms with van der Waals surface area (Å²) in [5, 5.41) is 15.3. The molecule has 1 aliphatic rings. The van der Waals surface area contributed by atoms with Gasteiger partial charge < -0.3 is 5.11 Å². The number of rotatable bonds is 4. The molecule has 1 saturated heterocycles. The molecule has 7 heteroatoms. The predicted octanol–water partition coefficient (Wildman–Crippen LogP) is -0.145. The van der Waals surface area contributed by atoms with Gasteiger partial charge in [0, 0.05) is 19.0 Å². The van der Waals surface area contributed by atoms with Crippen molar-refractivity contribution in [2.24, 2.45) is 0 Å². The van der Waals surface area contributed by atoms with E-state index >= 15 is 0 Å². The van der Waals surface area contributed by atoms with E-state index in [1.165, 1.54) is 0 Å². The molecule has 0 spiro atoms. The van der Waals surface area contributed by atoms with Crippen LogP contribution in [0.5, 0.6) is 0 Å². The maximum atomic E-state index is 11.5. The number of aromatic nitrogens is 3. The van der Waals surface area contributed by atoms with Gasteiger partial charge in [-0.2, -0.15) is 5.10 Å². The van der Waals surface area contributed by atoms with Crippen LogP contribution in [0.4, 0.5) is 0 Å². The van der Waals surface area contributed by atoms with Crippen LogP contribution in [0, 0.1) is 0 Å². The number of carboxylic acid groups (broad SMARTS) is 1. The van der Waals surface area contributed by atoms with Crippen LogP contribution in [0.2, 0.25) is 0 Å². The van der Waals surface area contributed by atoms with Gasteiger partial charge in [-0.1, -0.05) is 0 Å². The highest BCUT2D eigenvalue weighted by atomic mass is 16.4. The summed E-state index contributed by atoms with van der Waals surface area (Å²) < 4.78 is 1.62. The van der Waals surface area contributed by atoms with Gasteiger partial charge in [0.2, 0.25) is 0 Å². The molecule has 1 unspecified atom stereocenters. The van der Waals surface area contributed by atoms with Crippen LogP contribution in [0.25, 0.3) is 0 Å². The van der Waals surface area contributed by atoms with Gasteiger partial charge >= 0.3 is 11.7 Å². The van der Waals surface area contributed by atoms with Crippen molar-refractivity contribution in [1.82, 2.24) is 19.7 Å². The number of aliphatic carboxylic acids is 1. The Bertz CT molecular complexity index is 479. The fourth-order valence-corrected chi connectivity index (χ4v) is 2.55. The van der Waals surface area contributed by atoms with Crippen molar-refractivity contribution in [3.63, 3.8) is 0 Å². The summed E-state index contributed by atoms with van der Waals surface area (Å²) in [4.78, 5) is 24.1. The quantitative estimate of drug-likeness (QED) is 0.780. The van der Waals surface area contributed by atoms with E-state index in [4.69, 9.17) is 5.11 Å². The summed E-state index contributed by atoms with van der Waals surface area (Å²) in [6.07, 6.45) is 1.88. The van der Waals surface area contributed by atoms with Crippen LogP contribution < -0.4 is 5.69 Å². The highest BCUT2D eigenvalue weighted by Crippen LogP contribution is 2.24. The van der Waals surface area contributed by atoms with Crippen LogP contribution in [-0.2, 0) is 11.3 Å². The molecule has 0 amide bonds. The zero-order valence-corrected chi connectivity index (χ0v) is 10.4. The van der Waals surface area contributed by atoms with Crippen molar-refractivity contribution in [1.29, 1.82) is 0 Å². The predicted molar refractivity (Wildman–Crippen MR) is 64.6 cm³/mol. The van der Waals surface area contributed by atoms with E-state index in [2.05, 4.69) is 10.2 Å². The van der Waals surface area contributed by atoms with E-state index in [1.54, 1.807) is 4.57 Å². The lowest BCUT2D eigenvalue weighted by Gasteiger charge is -2.30. The van der Waals surface area contributed by atoms with Crippen LogP contribution in [-0.4, -0.2) is 50.4 Å². The van der Waals surface area contributed by atoms with Crippen molar-refractivity contribution < 1.29 is 9.90 Å². The van der Waals surface area contributed by atoms with E-state index < -0.39 is 5.97 Å². The van der Waals surface area contributed by atoms with Gasteiger partial charge in [0.05, 0.1) is 6.54 Å². The van der Waals surface area contributed by atoms with Crippen molar-refractivity contribution in [3.05, 3.63) is 16.3 Å². The molecule has 1 fully saturated rings. The molecule has 2 N–H and O–H groups in total. The number of carbonyl (C=O) groups is 1. The molecule has 1 atom stereocenters. The highest BCUT2D eigenvalue weighted by molar-refractivity contribution is 5.69.